The molecule has 0 aromatic heterocycles. The fourth-order valence-electron chi connectivity index (χ4n) is 2.14. The zero-order valence-electron chi connectivity index (χ0n) is 5.38. The van der Waals surface area contributed by atoms with Crippen LogP contribution in [0.4, 0.5) is 0 Å². The number of aliphatic hydroxyl groups is 2. The number of aliphatic hydroxyl groups excluding tert-OH is 2. The summed E-state index contributed by atoms with van der Waals surface area (Å²) in [5, 5.41) is 17.8. The van der Waals surface area contributed by atoms with E-state index in [0.29, 0.717) is 11.8 Å². The highest BCUT2D eigenvalue weighted by Gasteiger charge is 2.63. The van der Waals surface area contributed by atoms with E-state index in [9.17, 15) is 0 Å². The van der Waals surface area contributed by atoms with Gasteiger partial charge in [0.15, 0.2) is 0 Å². The lowest BCUT2D eigenvalue weighted by molar-refractivity contribution is -0.225. The lowest BCUT2D eigenvalue weighted by Gasteiger charge is -2.66. The van der Waals surface area contributed by atoms with E-state index in [4.69, 9.17) is 10.2 Å². The number of hydrogen-bond acceptors (Lipinski definition) is 2. The molecule has 0 aromatic rings. The highest BCUT2D eigenvalue weighted by atomic mass is 16.3. The zero-order valence-corrected chi connectivity index (χ0v) is 5.38. The molecule has 0 aliphatic heterocycles. The third kappa shape index (κ3) is 0.413. The molecule has 3 saturated carbocycles. The van der Waals surface area contributed by atoms with Crippen LogP contribution < -0.4 is 0 Å². The van der Waals surface area contributed by atoms with Crippen molar-refractivity contribution in [1.29, 1.82) is 0 Å². The molecule has 9 heavy (non-hydrogen) atoms. The van der Waals surface area contributed by atoms with Gasteiger partial charge in [-0.1, -0.05) is 0 Å². The normalized spacial score (nSPS) is 43.3. The van der Waals surface area contributed by atoms with Crippen LogP contribution >= 0.6 is 0 Å². The van der Waals surface area contributed by atoms with E-state index < -0.39 is 0 Å². The van der Waals surface area contributed by atoms with Crippen LogP contribution in [0.25, 0.3) is 0 Å². The van der Waals surface area contributed by atoms with Gasteiger partial charge in [-0.2, -0.15) is 0 Å². The maximum Gasteiger partial charge on any atom is 0.0514 e. The van der Waals surface area contributed by atoms with Crippen LogP contribution in [-0.2, 0) is 0 Å². The first-order valence-corrected chi connectivity index (χ1v) is 3.55. The minimum Gasteiger partial charge on any atom is -0.396 e. The van der Waals surface area contributed by atoms with Gasteiger partial charge in [-0.3, -0.25) is 0 Å². The van der Waals surface area contributed by atoms with Crippen LogP contribution in [0.15, 0.2) is 0 Å². The quantitative estimate of drug-likeness (QED) is 0.549. The van der Waals surface area contributed by atoms with Crippen molar-refractivity contribution < 1.29 is 10.2 Å². The Balaban J connectivity index is 2.06. The Labute approximate surface area is 54.5 Å². The summed E-state index contributed by atoms with van der Waals surface area (Å²) in [5.74, 6) is 1.30. The topological polar surface area (TPSA) is 40.5 Å². The summed E-state index contributed by atoms with van der Waals surface area (Å²) in [6.45, 7) is 0.387. The largest absolute Gasteiger partial charge is 0.396 e. The summed E-state index contributed by atoms with van der Waals surface area (Å²) in [6.07, 6.45) is 2.50. The molecule has 0 atom stereocenters. The predicted molar refractivity (Wildman–Crippen MR) is 32.8 cm³/mol. The monoisotopic (exact) mass is 128 g/mol. The average Bonchev–Trinajstić information content (AvgIpc) is 1.61. The fraction of sp³-hybridized carbons (Fsp3) is 1.00. The lowest BCUT2D eigenvalue weighted by atomic mass is 9.39. The fourth-order valence-corrected chi connectivity index (χ4v) is 2.14. The van der Waals surface area contributed by atoms with Gasteiger partial charge in [0.25, 0.3) is 0 Å². The number of hydrogen-bond donors (Lipinski definition) is 2. The molecule has 3 aliphatic rings. The van der Waals surface area contributed by atoms with E-state index in [-0.39, 0.29) is 18.6 Å². The number of rotatable bonds is 2. The smallest absolute Gasteiger partial charge is 0.0514 e. The molecule has 2 nitrogen and oxygen atoms in total. The molecule has 0 amide bonds. The van der Waals surface area contributed by atoms with Crippen LogP contribution in [0.5, 0.6) is 0 Å². The maximum atomic E-state index is 8.88. The molecule has 3 aliphatic carbocycles. The predicted octanol–water partition coefficient (Wildman–Crippen LogP) is -0.00280. The van der Waals surface area contributed by atoms with Crippen LogP contribution in [0.2, 0.25) is 0 Å². The zero-order chi connectivity index (χ0) is 6.48. The van der Waals surface area contributed by atoms with Gasteiger partial charge in [-0.05, 0) is 24.7 Å². The van der Waals surface area contributed by atoms with Gasteiger partial charge < -0.3 is 10.2 Å². The Morgan fingerprint density at radius 3 is 1.56 bits per heavy atom. The molecule has 2 bridgehead atoms. The van der Waals surface area contributed by atoms with Gasteiger partial charge in [0.2, 0.25) is 0 Å². The van der Waals surface area contributed by atoms with Gasteiger partial charge >= 0.3 is 0 Å². The summed E-state index contributed by atoms with van der Waals surface area (Å²) in [6, 6.07) is 0. The molecule has 3 fully saturated rings. The van der Waals surface area contributed by atoms with E-state index in [1.54, 1.807) is 0 Å². The molecule has 0 heterocycles. The van der Waals surface area contributed by atoms with Crippen LogP contribution in [-0.4, -0.2) is 23.4 Å². The van der Waals surface area contributed by atoms with E-state index in [1.165, 1.54) is 12.8 Å². The molecular formula is C7H12O2. The molecule has 3 rings (SSSR count). The van der Waals surface area contributed by atoms with Gasteiger partial charge in [0.05, 0.1) is 13.2 Å². The SMILES string of the molecule is OCC1(CO)C2CC1C2. The highest BCUT2D eigenvalue weighted by Crippen LogP contribution is 2.66. The summed E-state index contributed by atoms with van der Waals surface area (Å²) < 4.78 is 0. The van der Waals surface area contributed by atoms with Crippen molar-refractivity contribution in [3.05, 3.63) is 0 Å². The van der Waals surface area contributed by atoms with E-state index in [0.717, 1.165) is 0 Å². The van der Waals surface area contributed by atoms with Crippen molar-refractivity contribution in [2.75, 3.05) is 13.2 Å². The van der Waals surface area contributed by atoms with Gasteiger partial charge in [0, 0.05) is 5.41 Å². The second kappa shape index (κ2) is 1.50. The van der Waals surface area contributed by atoms with Crippen molar-refractivity contribution in [3.63, 3.8) is 0 Å². The van der Waals surface area contributed by atoms with Crippen LogP contribution in [0.3, 0.4) is 0 Å². The lowest BCUT2D eigenvalue weighted by Crippen LogP contribution is -2.64. The minimum atomic E-state index is -0.0278. The van der Waals surface area contributed by atoms with Crippen LogP contribution in [0.1, 0.15) is 12.8 Å². The van der Waals surface area contributed by atoms with Crippen LogP contribution in [0, 0.1) is 17.3 Å². The van der Waals surface area contributed by atoms with Crippen molar-refractivity contribution in [3.8, 4) is 0 Å². The minimum absolute atomic E-state index is 0.0278. The summed E-state index contributed by atoms with van der Waals surface area (Å²) in [4.78, 5) is 0. The molecule has 2 heteroatoms. The van der Waals surface area contributed by atoms with Crippen molar-refractivity contribution in [2.24, 2.45) is 17.3 Å². The molecule has 0 unspecified atom stereocenters. The van der Waals surface area contributed by atoms with E-state index >= 15 is 0 Å². The maximum absolute atomic E-state index is 8.88. The molecule has 0 saturated heterocycles. The van der Waals surface area contributed by atoms with E-state index in [1.807, 2.05) is 0 Å². The van der Waals surface area contributed by atoms with Crippen molar-refractivity contribution in [1.82, 2.24) is 0 Å². The van der Waals surface area contributed by atoms with Crippen molar-refractivity contribution in [2.45, 2.75) is 12.8 Å². The molecule has 2 N–H and O–H groups in total. The molecule has 0 aromatic carbocycles. The van der Waals surface area contributed by atoms with E-state index in [2.05, 4.69) is 0 Å². The molecule has 0 spiro atoms. The Morgan fingerprint density at radius 2 is 1.56 bits per heavy atom. The second-order valence-electron chi connectivity index (χ2n) is 3.41. The second-order valence-corrected chi connectivity index (χ2v) is 3.41. The summed E-state index contributed by atoms with van der Waals surface area (Å²) in [7, 11) is 0. The summed E-state index contributed by atoms with van der Waals surface area (Å²) >= 11 is 0. The Morgan fingerprint density at radius 1 is 1.11 bits per heavy atom. The first-order chi connectivity index (χ1) is 4.33. The first-order valence-electron chi connectivity index (χ1n) is 3.55. The van der Waals surface area contributed by atoms with Gasteiger partial charge in [-0.15, -0.1) is 0 Å². The third-order valence-corrected chi connectivity index (χ3v) is 3.35. The third-order valence-electron chi connectivity index (χ3n) is 3.35. The first kappa shape index (κ1) is 5.69. The summed E-state index contributed by atoms with van der Waals surface area (Å²) in [5.41, 5.74) is -0.0278. The average molecular weight is 128 g/mol. The van der Waals surface area contributed by atoms with Crippen molar-refractivity contribution >= 4 is 0 Å². The Hall–Kier alpha value is -0.0800. The standard InChI is InChI=1S/C7H12O2/c8-3-7(4-9)5-1-6(7)2-5/h5-6,8-9H,1-4H2. The Kier molecular flexibility index (Phi) is 0.945. The van der Waals surface area contributed by atoms with Gasteiger partial charge in [0.1, 0.15) is 0 Å². The van der Waals surface area contributed by atoms with Gasteiger partial charge in [-0.25, -0.2) is 0 Å². The molecule has 52 valence electrons. The Bertz CT molecular complexity index is 113. The molecular weight excluding hydrogens is 116 g/mol. The highest BCUT2D eigenvalue weighted by molar-refractivity contribution is 5.12. The molecule has 0 radical (unpaired) electrons.